The van der Waals surface area contributed by atoms with Crippen LogP contribution in [0.5, 0.6) is 0 Å². The molecule has 0 unspecified atom stereocenters. The fourth-order valence-electron chi connectivity index (χ4n) is 2.28. The number of nitrogens with two attached hydrogens (primary N) is 1. The zero-order valence-electron chi connectivity index (χ0n) is 12.0. The van der Waals surface area contributed by atoms with Gasteiger partial charge in [0.25, 0.3) is 5.91 Å². The van der Waals surface area contributed by atoms with Crippen LogP contribution in [0.1, 0.15) is 16.1 Å². The molecule has 2 aromatic carbocycles. The van der Waals surface area contributed by atoms with Gasteiger partial charge in [0.1, 0.15) is 5.58 Å². The number of fused-ring (bicyclic) bond motifs is 1. The number of nitrogens with zero attached hydrogens (tertiary/aromatic N) is 1. The number of carbonyl (C=O) groups excluding carboxylic acids is 1. The lowest BCUT2D eigenvalue weighted by atomic mass is 10.2. The lowest BCUT2D eigenvalue weighted by molar-refractivity contribution is 0.0968. The maximum Gasteiger partial charge on any atom is 0.293 e. The van der Waals surface area contributed by atoms with Gasteiger partial charge in [0.2, 0.25) is 0 Å². The van der Waals surface area contributed by atoms with Gasteiger partial charge < -0.3 is 15.1 Å². The first-order valence-electron chi connectivity index (χ1n) is 6.68. The summed E-state index contributed by atoms with van der Waals surface area (Å²) in [6.07, 6.45) is 0. The van der Waals surface area contributed by atoms with Crippen LogP contribution in [0.4, 0.5) is 11.4 Å². The average molecular weight is 280 g/mol. The summed E-state index contributed by atoms with van der Waals surface area (Å²) in [5.41, 5.74) is 8.95. The normalized spacial score (nSPS) is 10.8. The average Bonchev–Trinajstić information content (AvgIpc) is 2.88. The number of aryl methyl sites for hydroxylation is 1. The van der Waals surface area contributed by atoms with Gasteiger partial charge in [0, 0.05) is 23.8 Å². The van der Waals surface area contributed by atoms with Crippen molar-refractivity contribution < 1.29 is 9.21 Å². The molecule has 1 heterocycles. The third-order valence-electron chi connectivity index (χ3n) is 3.44. The monoisotopic (exact) mass is 280 g/mol. The molecule has 21 heavy (non-hydrogen) atoms. The summed E-state index contributed by atoms with van der Waals surface area (Å²) in [6.45, 7) is 2.01. The van der Waals surface area contributed by atoms with E-state index in [2.05, 4.69) is 0 Å². The Bertz CT molecular complexity index is 821. The van der Waals surface area contributed by atoms with Gasteiger partial charge >= 0.3 is 0 Å². The molecular weight excluding hydrogens is 264 g/mol. The van der Waals surface area contributed by atoms with Crippen LogP contribution in [0.15, 0.2) is 52.9 Å². The highest BCUT2D eigenvalue weighted by atomic mass is 16.3. The SMILES string of the molecule is Cc1ccc2oc(C(=O)N(C)c3cccc(N)c3)cc2c1. The smallest absolute Gasteiger partial charge is 0.293 e. The lowest BCUT2D eigenvalue weighted by Crippen LogP contribution is -2.25. The number of benzene rings is 2. The molecule has 3 aromatic rings. The van der Waals surface area contributed by atoms with Gasteiger partial charge in [-0.1, -0.05) is 17.7 Å². The first-order chi connectivity index (χ1) is 10.0. The molecule has 0 radical (unpaired) electrons. The van der Waals surface area contributed by atoms with E-state index >= 15 is 0 Å². The largest absolute Gasteiger partial charge is 0.451 e. The van der Waals surface area contributed by atoms with Crippen molar-refractivity contribution in [3.63, 3.8) is 0 Å². The van der Waals surface area contributed by atoms with E-state index < -0.39 is 0 Å². The highest BCUT2D eigenvalue weighted by Crippen LogP contribution is 2.24. The van der Waals surface area contributed by atoms with E-state index in [-0.39, 0.29) is 5.91 Å². The number of rotatable bonds is 2. The fourth-order valence-corrected chi connectivity index (χ4v) is 2.28. The molecule has 1 amide bonds. The summed E-state index contributed by atoms with van der Waals surface area (Å²) >= 11 is 0. The van der Waals surface area contributed by atoms with Gasteiger partial charge in [-0.25, -0.2) is 0 Å². The summed E-state index contributed by atoms with van der Waals surface area (Å²) in [5.74, 6) is 0.120. The Morgan fingerprint density at radius 3 is 2.71 bits per heavy atom. The van der Waals surface area contributed by atoms with Crippen molar-refractivity contribution in [3.05, 3.63) is 59.9 Å². The third-order valence-corrected chi connectivity index (χ3v) is 3.44. The first-order valence-corrected chi connectivity index (χ1v) is 6.68. The number of nitrogen functional groups attached to an aromatic ring is 1. The maximum atomic E-state index is 12.5. The number of amides is 1. The highest BCUT2D eigenvalue weighted by Gasteiger charge is 2.18. The second kappa shape index (κ2) is 4.98. The molecule has 1 aromatic heterocycles. The Morgan fingerprint density at radius 1 is 1.14 bits per heavy atom. The van der Waals surface area contributed by atoms with Crippen molar-refractivity contribution in [2.45, 2.75) is 6.92 Å². The Balaban J connectivity index is 1.96. The van der Waals surface area contributed by atoms with Crippen molar-refractivity contribution in [3.8, 4) is 0 Å². The molecule has 106 valence electrons. The summed E-state index contributed by atoms with van der Waals surface area (Å²) in [6, 6.07) is 14.8. The van der Waals surface area contributed by atoms with Crippen LogP contribution in [-0.2, 0) is 0 Å². The van der Waals surface area contributed by atoms with Gasteiger partial charge in [-0.15, -0.1) is 0 Å². The predicted molar refractivity (Wildman–Crippen MR) is 84.5 cm³/mol. The van der Waals surface area contributed by atoms with E-state index in [0.717, 1.165) is 16.6 Å². The number of carbonyl (C=O) groups is 1. The molecule has 4 heteroatoms. The molecule has 2 N–H and O–H groups in total. The van der Waals surface area contributed by atoms with E-state index in [1.807, 2.05) is 37.3 Å². The lowest BCUT2D eigenvalue weighted by Gasteiger charge is -2.16. The van der Waals surface area contributed by atoms with Crippen molar-refractivity contribution in [1.82, 2.24) is 0 Å². The molecule has 0 atom stereocenters. The molecule has 0 saturated heterocycles. The highest BCUT2D eigenvalue weighted by molar-refractivity contribution is 6.06. The summed E-state index contributed by atoms with van der Waals surface area (Å²) in [4.78, 5) is 14.0. The minimum atomic E-state index is -0.200. The van der Waals surface area contributed by atoms with E-state index in [1.165, 1.54) is 4.90 Å². The van der Waals surface area contributed by atoms with Crippen molar-refractivity contribution >= 4 is 28.3 Å². The van der Waals surface area contributed by atoms with Gasteiger partial charge in [0.15, 0.2) is 5.76 Å². The fraction of sp³-hybridized carbons (Fsp3) is 0.118. The van der Waals surface area contributed by atoms with Crippen molar-refractivity contribution in [2.75, 3.05) is 17.7 Å². The number of furan rings is 1. The summed E-state index contributed by atoms with van der Waals surface area (Å²) in [5, 5.41) is 0.930. The molecule has 0 spiro atoms. The van der Waals surface area contributed by atoms with Crippen LogP contribution < -0.4 is 10.6 Å². The minimum Gasteiger partial charge on any atom is -0.451 e. The topological polar surface area (TPSA) is 59.5 Å². The number of anilines is 2. The van der Waals surface area contributed by atoms with Crippen molar-refractivity contribution in [2.24, 2.45) is 0 Å². The van der Waals surface area contributed by atoms with E-state index in [9.17, 15) is 4.79 Å². The van der Waals surface area contributed by atoms with Crippen LogP contribution in [0, 0.1) is 6.92 Å². The Labute approximate surface area is 122 Å². The van der Waals surface area contributed by atoms with Crippen LogP contribution in [0.25, 0.3) is 11.0 Å². The van der Waals surface area contributed by atoms with E-state index in [0.29, 0.717) is 17.0 Å². The van der Waals surface area contributed by atoms with Crippen LogP contribution in [0.3, 0.4) is 0 Å². The summed E-state index contributed by atoms with van der Waals surface area (Å²) in [7, 11) is 1.70. The quantitative estimate of drug-likeness (QED) is 0.730. The maximum absolute atomic E-state index is 12.5. The molecule has 4 nitrogen and oxygen atoms in total. The zero-order chi connectivity index (χ0) is 15.0. The second-order valence-corrected chi connectivity index (χ2v) is 5.11. The zero-order valence-corrected chi connectivity index (χ0v) is 12.0. The van der Waals surface area contributed by atoms with Crippen LogP contribution >= 0.6 is 0 Å². The predicted octanol–water partition coefficient (Wildman–Crippen LogP) is 3.60. The molecule has 0 aliphatic rings. The molecule has 0 fully saturated rings. The molecule has 3 rings (SSSR count). The van der Waals surface area contributed by atoms with Gasteiger partial charge in [-0.3, -0.25) is 4.79 Å². The van der Waals surface area contributed by atoms with E-state index in [4.69, 9.17) is 10.2 Å². The number of hydrogen-bond donors (Lipinski definition) is 1. The molecule has 0 aliphatic carbocycles. The Morgan fingerprint density at radius 2 is 1.95 bits per heavy atom. The Kier molecular flexibility index (Phi) is 3.14. The Hall–Kier alpha value is -2.75. The van der Waals surface area contributed by atoms with Crippen molar-refractivity contribution in [1.29, 1.82) is 0 Å². The van der Waals surface area contributed by atoms with Crippen LogP contribution in [-0.4, -0.2) is 13.0 Å². The first kappa shape index (κ1) is 13.2. The molecule has 0 bridgehead atoms. The van der Waals surface area contributed by atoms with Gasteiger partial charge in [-0.2, -0.15) is 0 Å². The van der Waals surface area contributed by atoms with Crippen LogP contribution in [0.2, 0.25) is 0 Å². The third kappa shape index (κ3) is 2.48. The van der Waals surface area contributed by atoms with Gasteiger partial charge in [-0.05, 0) is 43.3 Å². The molecule has 0 saturated carbocycles. The molecular formula is C17H16N2O2. The number of hydrogen-bond acceptors (Lipinski definition) is 3. The molecule has 0 aliphatic heterocycles. The summed E-state index contributed by atoms with van der Waals surface area (Å²) < 4.78 is 5.64. The minimum absolute atomic E-state index is 0.200. The second-order valence-electron chi connectivity index (χ2n) is 5.11. The van der Waals surface area contributed by atoms with Gasteiger partial charge in [0.05, 0.1) is 0 Å². The standard InChI is InChI=1S/C17H16N2O2/c1-11-6-7-15-12(8-11)9-16(21-15)17(20)19(2)14-5-3-4-13(18)10-14/h3-10H,18H2,1-2H3. The van der Waals surface area contributed by atoms with E-state index in [1.54, 1.807) is 25.2 Å².